The lowest BCUT2D eigenvalue weighted by Crippen LogP contribution is -2.39. The molecule has 1 rings (SSSR count). The molecule has 0 aromatic carbocycles. The van der Waals surface area contributed by atoms with Gasteiger partial charge in [0.15, 0.2) is 5.84 Å². The zero-order valence-electron chi connectivity index (χ0n) is 9.71. The Morgan fingerprint density at radius 3 is 2.94 bits per heavy atom. The molecule has 0 saturated heterocycles. The van der Waals surface area contributed by atoms with Gasteiger partial charge in [-0.05, 0) is 13.3 Å². The van der Waals surface area contributed by atoms with E-state index in [0.29, 0.717) is 12.2 Å². The maximum absolute atomic E-state index is 11.8. The summed E-state index contributed by atoms with van der Waals surface area (Å²) in [5.41, 5.74) is 5.43. The van der Waals surface area contributed by atoms with Gasteiger partial charge >= 0.3 is 0 Å². The molecule has 0 aliphatic carbocycles. The van der Waals surface area contributed by atoms with Crippen molar-refractivity contribution in [3.05, 3.63) is 12.2 Å². The molecule has 8 heteroatoms. The van der Waals surface area contributed by atoms with Crippen LogP contribution in [0.4, 0.5) is 0 Å². The van der Waals surface area contributed by atoms with E-state index < -0.39 is 5.92 Å². The first kappa shape index (κ1) is 12.9. The van der Waals surface area contributed by atoms with Gasteiger partial charge in [0.1, 0.15) is 12.2 Å². The summed E-state index contributed by atoms with van der Waals surface area (Å²) in [6, 6.07) is -0.314. The third-order valence-electron chi connectivity index (χ3n) is 2.40. The highest BCUT2D eigenvalue weighted by Crippen LogP contribution is 2.08. The molecule has 0 spiro atoms. The van der Waals surface area contributed by atoms with Crippen molar-refractivity contribution in [1.29, 1.82) is 0 Å². The zero-order valence-corrected chi connectivity index (χ0v) is 9.71. The lowest BCUT2D eigenvalue weighted by atomic mass is 10.0. The Hall–Kier alpha value is -2.12. The molecule has 0 aliphatic heterocycles. The molecule has 2 atom stereocenters. The van der Waals surface area contributed by atoms with E-state index in [-0.39, 0.29) is 17.8 Å². The third kappa shape index (κ3) is 3.16. The highest BCUT2D eigenvalue weighted by atomic mass is 16.4. The molecule has 0 fully saturated rings. The standard InChI is InChI=1S/C9H16N6O2/c1-3-6(7(10)15-17)9(16)13-5(2)8-11-4-12-14-8/h4-6,17H,3H2,1-2H3,(H2,10,15)(H,13,16)(H,11,12,14). The van der Waals surface area contributed by atoms with Crippen LogP contribution in [0, 0.1) is 5.92 Å². The fraction of sp³-hybridized carbons (Fsp3) is 0.556. The van der Waals surface area contributed by atoms with Crippen LogP contribution in [0.5, 0.6) is 0 Å². The van der Waals surface area contributed by atoms with E-state index in [9.17, 15) is 4.79 Å². The molecule has 1 aromatic heterocycles. The number of hydrogen-bond donors (Lipinski definition) is 4. The molecule has 0 saturated carbocycles. The first-order chi connectivity index (χ1) is 8.10. The third-order valence-corrected chi connectivity index (χ3v) is 2.40. The Labute approximate surface area is 98.3 Å². The van der Waals surface area contributed by atoms with Crippen LogP contribution in [-0.4, -0.2) is 32.1 Å². The van der Waals surface area contributed by atoms with Crippen LogP contribution in [0.1, 0.15) is 32.1 Å². The van der Waals surface area contributed by atoms with Crippen molar-refractivity contribution in [3.63, 3.8) is 0 Å². The van der Waals surface area contributed by atoms with Crippen LogP contribution in [0.15, 0.2) is 11.5 Å². The summed E-state index contributed by atoms with van der Waals surface area (Å²) in [6.07, 6.45) is 1.81. The van der Waals surface area contributed by atoms with Crippen LogP contribution in [0.25, 0.3) is 0 Å². The Bertz CT molecular complexity index is 388. The van der Waals surface area contributed by atoms with Crippen molar-refractivity contribution >= 4 is 11.7 Å². The molecule has 0 bridgehead atoms. The number of rotatable bonds is 5. The second-order valence-corrected chi connectivity index (χ2v) is 3.59. The van der Waals surface area contributed by atoms with Crippen LogP contribution in [0.3, 0.4) is 0 Å². The summed E-state index contributed by atoms with van der Waals surface area (Å²) in [4.78, 5) is 15.8. The number of oxime groups is 1. The maximum Gasteiger partial charge on any atom is 0.231 e. The van der Waals surface area contributed by atoms with Gasteiger partial charge in [0, 0.05) is 0 Å². The van der Waals surface area contributed by atoms with E-state index in [0.717, 1.165) is 0 Å². The van der Waals surface area contributed by atoms with Gasteiger partial charge in [-0.25, -0.2) is 4.98 Å². The van der Waals surface area contributed by atoms with E-state index in [2.05, 4.69) is 25.7 Å². The largest absolute Gasteiger partial charge is 0.409 e. The number of nitrogens with zero attached hydrogens (tertiary/aromatic N) is 3. The first-order valence-electron chi connectivity index (χ1n) is 5.23. The molecule has 1 heterocycles. The number of nitrogens with one attached hydrogen (secondary N) is 2. The lowest BCUT2D eigenvalue weighted by Gasteiger charge is -2.16. The summed E-state index contributed by atoms with van der Waals surface area (Å²) in [5.74, 6) is -0.514. The minimum atomic E-state index is -0.648. The number of hydrogen-bond acceptors (Lipinski definition) is 5. The number of carbonyl (C=O) groups is 1. The van der Waals surface area contributed by atoms with E-state index in [4.69, 9.17) is 10.9 Å². The number of nitrogens with two attached hydrogens (primary N) is 1. The second-order valence-electron chi connectivity index (χ2n) is 3.59. The van der Waals surface area contributed by atoms with Crippen LogP contribution in [-0.2, 0) is 4.79 Å². The molecule has 8 nitrogen and oxygen atoms in total. The number of aromatic amines is 1. The van der Waals surface area contributed by atoms with Crippen LogP contribution < -0.4 is 11.1 Å². The minimum Gasteiger partial charge on any atom is -0.409 e. The van der Waals surface area contributed by atoms with Gasteiger partial charge in [-0.15, -0.1) is 0 Å². The zero-order chi connectivity index (χ0) is 12.8. The van der Waals surface area contributed by atoms with Gasteiger partial charge in [0.25, 0.3) is 0 Å². The molecule has 94 valence electrons. The molecule has 0 radical (unpaired) electrons. The lowest BCUT2D eigenvalue weighted by molar-refractivity contribution is -0.123. The molecule has 5 N–H and O–H groups in total. The average Bonchev–Trinajstić information content (AvgIpc) is 2.83. The summed E-state index contributed by atoms with van der Waals surface area (Å²) in [5, 5.41) is 20.5. The summed E-state index contributed by atoms with van der Waals surface area (Å²) in [6.45, 7) is 3.54. The summed E-state index contributed by atoms with van der Waals surface area (Å²) in [7, 11) is 0. The van der Waals surface area contributed by atoms with Gasteiger partial charge in [-0.2, -0.15) is 5.10 Å². The molecule has 1 aromatic rings. The van der Waals surface area contributed by atoms with Gasteiger partial charge < -0.3 is 16.3 Å². The highest BCUT2D eigenvalue weighted by molar-refractivity contribution is 6.02. The monoisotopic (exact) mass is 240 g/mol. The average molecular weight is 240 g/mol. The van der Waals surface area contributed by atoms with E-state index in [1.165, 1.54) is 6.33 Å². The molecule has 17 heavy (non-hydrogen) atoms. The quantitative estimate of drug-likeness (QED) is 0.244. The summed E-state index contributed by atoms with van der Waals surface area (Å²) >= 11 is 0. The van der Waals surface area contributed by atoms with Gasteiger partial charge in [-0.3, -0.25) is 9.89 Å². The predicted molar refractivity (Wildman–Crippen MR) is 60.1 cm³/mol. The van der Waals surface area contributed by atoms with Crippen molar-refractivity contribution in [3.8, 4) is 0 Å². The highest BCUT2D eigenvalue weighted by Gasteiger charge is 2.23. The second kappa shape index (κ2) is 5.83. The molecule has 0 aliphatic rings. The molecular weight excluding hydrogens is 224 g/mol. The number of amides is 1. The summed E-state index contributed by atoms with van der Waals surface area (Å²) < 4.78 is 0. The van der Waals surface area contributed by atoms with Gasteiger partial charge in [0.2, 0.25) is 5.91 Å². The number of aromatic nitrogens is 3. The Morgan fingerprint density at radius 2 is 2.47 bits per heavy atom. The van der Waals surface area contributed by atoms with E-state index in [1.807, 2.05) is 0 Å². The molecule has 2 unspecified atom stereocenters. The first-order valence-corrected chi connectivity index (χ1v) is 5.23. The maximum atomic E-state index is 11.8. The Kier molecular flexibility index (Phi) is 4.44. The number of amidine groups is 1. The number of H-pyrrole nitrogens is 1. The van der Waals surface area contributed by atoms with E-state index >= 15 is 0 Å². The van der Waals surface area contributed by atoms with Crippen molar-refractivity contribution in [2.75, 3.05) is 0 Å². The van der Waals surface area contributed by atoms with Crippen molar-refractivity contribution in [1.82, 2.24) is 20.5 Å². The SMILES string of the molecule is CCC(C(=O)NC(C)c1ncn[nH]1)C(N)=NO. The van der Waals surface area contributed by atoms with Gasteiger partial charge in [0.05, 0.1) is 12.0 Å². The van der Waals surface area contributed by atoms with Crippen LogP contribution >= 0.6 is 0 Å². The molecular formula is C9H16N6O2. The topological polar surface area (TPSA) is 129 Å². The van der Waals surface area contributed by atoms with Crippen LogP contribution in [0.2, 0.25) is 0 Å². The van der Waals surface area contributed by atoms with Crippen molar-refractivity contribution in [2.45, 2.75) is 26.3 Å². The van der Waals surface area contributed by atoms with Gasteiger partial charge in [-0.1, -0.05) is 12.1 Å². The predicted octanol–water partition coefficient (Wildman–Crippen LogP) is -0.245. The normalized spacial score (nSPS) is 15.3. The Morgan fingerprint density at radius 1 is 1.76 bits per heavy atom. The number of carbonyl (C=O) groups excluding carboxylic acids is 1. The fourth-order valence-corrected chi connectivity index (χ4v) is 1.40. The van der Waals surface area contributed by atoms with Crippen molar-refractivity contribution in [2.24, 2.45) is 16.8 Å². The molecule has 1 amide bonds. The van der Waals surface area contributed by atoms with E-state index in [1.54, 1.807) is 13.8 Å². The minimum absolute atomic E-state index is 0.102. The van der Waals surface area contributed by atoms with Crippen molar-refractivity contribution < 1.29 is 10.0 Å². The Balaban J connectivity index is 2.65. The fourth-order valence-electron chi connectivity index (χ4n) is 1.40. The smallest absolute Gasteiger partial charge is 0.231 e.